The minimum Gasteiger partial charge on any atom is -0.298 e. The van der Waals surface area contributed by atoms with Crippen LogP contribution in [0.25, 0.3) is 0 Å². The standard InChI is InChI=1S/C7H3ClN2O5/c8-7-5(9(12)13)1-4(3-11)2-6(7)10(14)15/h1-3H. The van der Waals surface area contributed by atoms with Gasteiger partial charge in [-0.15, -0.1) is 0 Å². The minimum absolute atomic E-state index is 0.169. The van der Waals surface area contributed by atoms with E-state index in [9.17, 15) is 25.0 Å². The van der Waals surface area contributed by atoms with Gasteiger partial charge in [-0.3, -0.25) is 25.0 Å². The molecule has 15 heavy (non-hydrogen) atoms. The van der Waals surface area contributed by atoms with Gasteiger partial charge in [0, 0.05) is 17.7 Å². The highest BCUT2D eigenvalue weighted by Crippen LogP contribution is 2.34. The third kappa shape index (κ3) is 2.08. The molecule has 0 saturated heterocycles. The van der Waals surface area contributed by atoms with Crippen molar-refractivity contribution in [3.05, 3.63) is 42.9 Å². The van der Waals surface area contributed by atoms with Crippen LogP contribution in [0.4, 0.5) is 11.4 Å². The number of aldehydes is 1. The molecular weight excluding hydrogens is 228 g/mol. The smallest absolute Gasteiger partial charge is 0.295 e. The van der Waals surface area contributed by atoms with Gasteiger partial charge < -0.3 is 0 Å². The summed E-state index contributed by atoms with van der Waals surface area (Å²) in [6.45, 7) is 0. The van der Waals surface area contributed by atoms with Crippen LogP contribution in [-0.4, -0.2) is 16.1 Å². The third-order valence-corrected chi connectivity index (χ3v) is 1.97. The quantitative estimate of drug-likeness (QED) is 0.448. The summed E-state index contributed by atoms with van der Waals surface area (Å²) in [5.74, 6) is 0. The number of rotatable bonds is 3. The van der Waals surface area contributed by atoms with Gasteiger partial charge >= 0.3 is 0 Å². The predicted octanol–water partition coefficient (Wildman–Crippen LogP) is 1.97. The van der Waals surface area contributed by atoms with E-state index in [4.69, 9.17) is 11.6 Å². The molecule has 0 spiro atoms. The normalized spacial score (nSPS) is 9.67. The van der Waals surface area contributed by atoms with E-state index in [0.29, 0.717) is 0 Å². The fourth-order valence-electron chi connectivity index (χ4n) is 0.949. The molecule has 8 heteroatoms. The van der Waals surface area contributed by atoms with E-state index >= 15 is 0 Å². The zero-order valence-electron chi connectivity index (χ0n) is 7.05. The molecule has 0 atom stereocenters. The Bertz CT molecular complexity index is 424. The Morgan fingerprint density at radius 2 is 1.53 bits per heavy atom. The summed E-state index contributed by atoms with van der Waals surface area (Å²) in [6.07, 6.45) is 0.274. The van der Waals surface area contributed by atoms with Gasteiger partial charge in [0.2, 0.25) is 0 Å². The maximum Gasteiger partial charge on any atom is 0.295 e. The van der Waals surface area contributed by atoms with E-state index in [0.717, 1.165) is 12.1 Å². The Hall–Kier alpha value is -2.02. The number of hydrogen-bond acceptors (Lipinski definition) is 5. The summed E-state index contributed by atoms with van der Waals surface area (Å²) >= 11 is 5.43. The van der Waals surface area contributed by atoms with Crippen molar-refractivity contribution in [1.29, 1.82) is 0 Å². The topological polar surface area (TPSA) is 103 Å². The van der Waals surface area contributed by atoms with Crippen molar-refractivity contribution < 1.29 is 14.6 Å². The van der Waals surface area contributed by atoms with E-state index in [2.05, 4.69) is 0 Å². The summed E-state index contributed by atoms with van der Waals surface area (Å²) in [4.78, 5) is 29.5. The van der Waals surface area contributed by atoms with Crippen molar-refractivity contribution in [2.24, 2.45) is 0 Å². The molecule has 0 saturated carbocycles. The first-order valence-electron chi connectivity index (χ1n) is 3.55. The lowest BCUT2D eigenvalue weighted by molar-refractivity contribution is -0.393. The summed E-state index contributed by atoms with van der Waals surface area (Å²) in [5.41, 5.74) is -1.49. The number of nitro benzene ring substituents is 2. The van der Waals surface area contributed by atoms with Crippen LogP contribution in [0.2, 0.25) is 5.02 Å². The molecule has 0 amide bonds. The SMILES string of the molecule is O=Cc1cc([N+](=O)[O-])c(Cl)c([N+](=O)[O-])c1. The van der Waals surface area contributed by atoms with Crippen LogP contribution in [0, 0.1) is 20.2 Å². The Labute approximate surface area is 87.6 Å². The highest BCUT2D eigenvalue weighted by Gasteiger charge is 2.24. The molecule has 0 heterocycles. The highest BCUT2D eigenvalue weighted by atomic mass is 35.5. The maximum absolute atomic E-state index is 10.4. The first-order valence-corrected chi connectivity index (χ1v) is 3.92. The number of halogens is 1. The van der Waals surface area contributed by atoms with Crippen LogP contribution < -0.4 is 0 Å². The number of carbonyl (C=O) groups excluding carboxylic acids is 1. The highest BCUT2D eigenvalue weighted by molar-refractivity contribution is 6.34. The molecule has 0 bridgehead atoms. The second kappa shape index (κ2) is 4.01. The summed E-state index contributed by atoms with van der Waals surface area (Å²) in [6, 6.07) is 1.75. The van der Waals surface area contributed by atoms with Crippen molar-refractivity contribution in [2.75, 3.05) is 0 Å². The van der Waals surface area contributed by atoms with Crippen LogP contribution >= 0.6 is 11.6 Å². The zero-order chi connectivity index (χ0) is 11.6. The van der Waals surface area contributed by atoms with Crippen LogP contribution in [0.5, 0.6) is 0 Å². The minimum atomic E-state index is -0.887. The summed E-state index contributed by atoms with van der Waals surface area (Å²) < 4.78 is 0. The number of nitro groups is 2. The van der Waals surface area contributed by atoms with Gasteiger partial charge in [0.1, 0.15) is 0 Å². The second-order valence-corrected chi connectivity index (χ2v) is 2.88. The van der Waals surface area contributed by atoms with Crippen molar-refractivity contribution in [2.45, 2.75) is 0 Å². The average molecular weight is 231 g/mol. The average Bonchev–Trinajstić information content (AvgIpc) is 2.17. The molecule has 0 aliphatic rings. The van der Waals surface area contributed by atoms with Crippen LogP contribution in [0.1, 0.15) is 10.4 Å². The van der Waals surface area contributed by atoms with Gasteiger partial charge in [-0.2, -0.15) is 0 Å². The van der Waals surface area contributed by atoms with E-state index in [-0.39, 0.29) is 11.8 Å². The third-order valence-electron chi connectivity index (χ3n) is 1.59. The molecule has 0 radical (unpaired) electrons. The van der Waals surface area contributed by atoms with Crippen molar-refractivity contribution in [3.8, 4) is 0 Å². The van der Waals surface area contributed by atoms with Crippen LogP contribution in [-0.2, 0) is 0 Å². The lowest BCUT2D eigenvalue weighted by Crippen LogP contribution is -1.97. The summed E-state index contributed by atoms with van der Waals surface area (Å²) in [7, 11) is 0. The van der Waals surface area contributed by atoms with Crippen LogP contribution in [0.3, 0.4) is 0 Å². The fourth-order valence-corrected chi connectivity index (χ4v) is 1.20. The predicted molar refractivity (Wildman–Crippen MR) is 50.1 cm³/mol. The Kier molecular flexibility index (Phi) is 2.96. The molecule has 0 aliphatic carbocycles. The van der Waals surface area contributed by atoms with Gasteiger partial charge in [0.15, 0.2) is 11.3 Å². The van der Waals surface area contributed by atoms with E-state index in [1.807, 2.05) is 0 Å². The molecule has 0 aliphatic heterocycles. The molecular formula is C7H3ClN2O5. The zero-order valence-corrected chi connectivity index (χ0v) is 7.80. The monoisotopic (exact) mass is 230 g/mol. The van der Waals surface area contributed by atoms with Gasteiger partial charge in [-0.05, 0) is 0 Å². The Morgan fingerprint density at radius 3 is 1.80 bits per heavy atom. The lowest BCUT2D eigenvalue weighted by atomic mass is 10.2. The molecule has 1 rings (SSSR count). The van der Waals surface area contributed by atoms with Crippen LogP contribution in [0.15, 0.2) is 12.1 Å². The number of benzene rings is 1. The van der Waals surface area contributed by atoms with E-state index in [1.165, 1.54) is 0 Å². The molecule has 0 N–H and O–H groups in total. The molecule has 7 nitrogen and oxygen atoms in total. The number of hydrogen-bond donors (Lipinski definition) is 0. The van der Waals surface area contributed by atoms with Crippen molar-refractivity contribution in [1.82, 2.24) is 0 Å². The van der Waals surface area contributed by atoms with Gasteiger partial charge in [0.25, 0.3) is 11.4 Å². The number of carbonyl (C=O) groups is 1. The molecule has 0 aromatic heterocycles. The first-order chi connectivity index (χ1) is 6.97. The maximum atomic E-state index is 10.4. The molecule has 0 fully saturated rings. The van der Waals surface area contributed by atoms with Gasteiger partial charge in [0.05, 0.1) is 9.85 Å². The first kappa shape index (κ1) is 11.1. The Morgan fingerprint density at radius 1 is 1.13 bits per heavy atom. The van der Waals surface area contributed by atoms with E-state index in [1.54, 1.807) is 0 Å². The largest absolute Gasteiger partial charge is 0.298 e. The number of nitrogens with zero attached hydrogens (tertiary/aromatic N) is 2. The second-order valence-electron chi connectivity index (χ2n) is 2.51. The van der Waals surface area contributed by atoms with Gasteiger partial charge in [-0.1, -0.05) is 11.6 Å². The van der Waals surface area contributed by atoms with Gasteiger partial charge in [-0.25, -0.2) is 0 Å². The summed E-state index contributed by atoms with van der Waals surface area (Å²) in [5, 5.41) is 20.3. The van der Waals surface area contributed by atoms with E-state index < -0.39 is 26.2 Å². The Balaban J connectivity index is 3.53. The fraction of sp³-hybridized carbons (Fsp3) is 0. The molecule has 1 aromatic carbocycles. The lowest BCUT2D eigenvalue weighted by Gasteiger charge is -1.98. The van der Waals surface area contributed by atoms with Crippen molar-refractivity contribution >= 4 is 29.3 Å². The molecule has 78 valence electrons. The van der Waals surface area contributed by atoms with Crippen molar-refractivity contribution in [3.63, 3.8) is 0 Å². The molecule has 0 unspecified atom stereocenters. The molecule has 1 aromatic rings.